The molecule has 0 aromatic heterocycles. The normalized spacial score (nSPS) is 28.0. The van der Waals surface area contributed by atoms with Gasteiger partial charge in [0.25, 0.3) is 0 Å². The van der Waals surface area contributed by atoms with Crippen molar-refractivity contribution in [1.29, 1.82) is 0 Å². The molecular weight excluding hydrogens is 262 g/mol. The molecule has 1 saturated heterocycles. The molecule has 3 nitrogen and oxygen atoms in total. The fourth-order valence-electron chi connectivity index (χ4n) is 3.66. The minimum Gasteiger partial charge on any atom is -0.497 e. The lowest BCUT2D eigenvalue weighted by Gasteiger charge is -2.28. The molecule has 0 radical (unpaired) electrons. The highest BCUT2D eigenvalue weighted by Gasteiger charge is 2.47. The number of ether oxygens (including phenoxy) is 1. The lowest BCUT2D eigenvalue weighted by atomic mass is 10.0. The van der Waals surface area contributed by atoms with Gasteiger partial charge in [0, 0.05) is 18.5 Å². The van der Waals surface area contributed by atoms with Crippen LogP contribution in [0.4, 0.5) is 0 Å². The maximum absolute atomic E-state index is 12.7. The zero-order chi connectivity index (χ0) is 15.0. The van der Waals surface area contributed by atoms with Gasteiger partial charge in [0.2, 0.25) is 5.91 Å². The Balaban J connectivity index is 1.65. The van der Waals surface area contributed by atoms with Gasteiger partial charge in [0.1, 0.15) is 5.75 Å². The molecule has 3 atom stereocenters. The van der Waals surface area contributed by atoms with Crippen LogP contribution in [-0.2, 0) is 4.79 Å². The second-order valence-electron chi connectivity index (χ2n) is 6.71. The van der Waals surface area contributed by atoms with Gasteiger partial charge in [-0.25, -0.2) is 0 Å². The van der Waals surface area contributed by atoms with E-state index in [0.717, 1.165) is 25.1 Å². The van der Waals surface area contributed by atoms with Crippen LogP contribution in [0.1, 0.15) is 44.6 Å². The summed E-state index contributed by atoms with van der Waals surface area (Å²) in [5.74, 6) is 2.44. The Labute approximate surface area is 127 Å². The largest absolute Gasteiger partial charge is 0.497 e. The van der Waals surface area contributed by atoms with Crippen LogP contribution in [-0.4, -0.2) is 30.5 Å². The first-order valence-electron chi connectivity index (χ1n) is 8.06. The smallest absolute Gasteiger partial charge is 0.226 e. The van der Waals surface area contributed by atoms with Gasteiger partial charge in [-0.1, -0.05) is 26.0 Å². The molecule has 1 amide bonds. The first-order valence-corrected chi connectivity index (χ1v) is 8.06. The summed E-state index contributed by atoms with van der Waals surface area (Å²) >= 11 is 0. The molecule has 1 aliphatic carbocycles. The van der Waals surface area contributed by atoms with Crippen molar-refractivity contribution >= 4 is 5.91 Å². The monoisotopic (exact) mass is 287 g/mol. The summed E-state index contributed by atoms with van der Waals surface area (Å²) in [6.07, 6.45) is 3.34. The molecule has 3 unspecified atom stereocenters. The van der Waals surface area contributed by atoms with E-state index in [1.807, 2.05) is 12.1 Å². The van der Waals surface area contributed by atoms with Crippen molar-refractivity contribution in [2.75, 3.05) is 13.7 Å². The highest BCUT2D eigenvalue weighted by molar-refractivity contribution is 5.83. The Morgan fingerprint density at radius 1 is 1.29 bits per heavy atom. The minimum absolute atomic E-state index is 0.206. The van der Waals surface area contributed by atoms with E-state index < -0.39 is 0 Å². The number of likely N-dealkylation sites (tertiary alicyclic amines) is 1. The molecule has 0 spiro atoms. The number of carbonyl (C=O) groups is 1. The quantitative estimate of drug-likeness (QED) is 0.849. The molecular formula is C18H25NO2. The Bertz CT molecular complexity index is 508. The Morgan fingerprint density at radius 3 is 2.62 bits per heavy atom. The standard InChI is InChI=1S/C18H25NO2/c1-12(2)17-5-4-10-19(17)18(20)16-11-15(16)13-6-8-14(21-3)9-7-13/h6-9,12,15-17H,4-5,10-11H2,1-3H3. The predicted octanol–water partition coefficient (Wildman–Crippen LogP) is 3.45. The first-order chi connectivity index (χ1) is 10.1. The second kappa shape index (κ2) is 5.70. The molecule has 2 fully saturated rings. The van der Waals surface area contributed by atoms with E-state index in [1.54, 1.807) is 7.11 Å². The number of carbonyl (C=O) groups excluding carboxylic acids is 1. The highest BCUT2D eigenvalue weighted by Crippen LogP contribution is 2.49. The number of nitrogens with zero attached hydrogens (tertiary/aromatic N) is 1. The zero-order valence-electron chi connectivity index (χ0n) is 13.2. The SMILES string of the molecule is COc1ccc(C2CC2C(=O)N2CCCC2C(C)C)cc1. The Hall–Kier alpha value is -1.51. The van der Waals surface area contributed by atoms with Crippen LogP contribution in [0.25, 0.3) is 0 Å². The third-order valence-corrected chi connectivity index (χ3v) is 5.00. The molecule has 1 aromatic rings. The van der Waals surface area contributed by atoms with Crippen molar-refractivity contribution in [3.63, 3.8) is 0 Å². The van der Waals surface area contributed by atoms with Gasteiger partial charge < -0.3 is 9.64 Å². The molecule has 21 heavy (non-hydrogen) atoms. The third-order valence-electron chi connectivity index (χ3n) is 5.00. The summed E-state index contributed by atoms with van der Waals surface area (Å²) in [6.45, 7) is 5.40. The third kappa shape index (κ3) is 2.78. The van der Waals surface area contributed by atoms with E-state index in [0.29, 0.717) is 23.8 Å². The van der Waals surface area contributed by atoms with Gasteiger partial charge in [0.05, 0.1) is 7.11 Å². The summed E-state index contributed by atoms with van der Waals surface area (Å²) in [5, 5.41) is 0. The number of benzene rings is 1. The van der Waals surface area contributed by atoms with E-state index in [-0.39, 0.29) is 5.92 Å². The topological polar surface area (TPSA) is 29.5 Å². The van der Waals surface area contributed by atoms with Gasteiger partial charge in [-0.05, 0) is 48.8 Å². The van der Waals surface area contributed by atoms with Crippen LogP contribution in [0.2, 0.25) is 0 Å². The van der Waals surface area contributed by atoms with E-state index in [4.69, 9.17) is 4.74 Å². The molecule has 1 heterocycles. The minimum atomic E-state index is 0.206. The van der Waals surface area contributed by atoms with Crippen molar-refractivity contribution < 1.29 is 9.53 Å². The molecule has 2 aliphatic rings. The summed E-state index contributed by atoms with van der Waals surface area (Å²) in [7, 11) is 1.68. The predicted molar refractivity (Wildman–Crippen MR) is 83.4 cm³/mol. The van der Waals surface area contributed by atoms with Gasteiger partial charge in [-0.15, -0.1) is 0 Å². The van der Waals surface area contributed by atoms with E-state index in [2.05, 4.69) is 30.9 Å². The fraction of sp³-hybridized carbons (Fsp3) is 0.611. The van der Waals surface area contributed by atoms with Crippen LogP contribution in [0.5, 0.6) is 5.75 Å². The van der Waals surface area contributed by atoms with E-state index >= 15 is 0 Å². The number of rotatable bonds is 4. The Kier molecular flexibility index (Phi) is 3.92. The number of methoxy groups -OCH3 is 1. The lowest BCUT2D eigenvalue weighted by Crippen LogP contribution is -2.39. The molecule has 0 N–H and O–H groups in total. The van der Waals surface area contributed by atoms with Gasteiger partial charge >= 0.3 is 0 Å². The van der Waals surface area contributed by atoms with Crippen LogP contribution in [0.3, 0.4) is 0 Å². The first kappa shape index (κ1) is 14.4. The van der Waals surface area contributed by atoms with Crippen LogP contribution in [0, 0.1) is 11.8 Å². The molecule has 3 rings (SSSR count). The lowest BCUT2D eigenvalue weighted by molar-refractivity contribution is -0.134. The maximum Gasteiger partial charge on any atom is 0.226 e. The van der Waals surface area contributed by atoms with Crippen molar-refractivity contribution in [3.05, 3.63) is 29.8 Å². The maximum atomic E-state index is 12.7. The van der Waals surface area contributed by atoms with Crippen molar-refractivity contribution in [2.24, 2.45) is 11.8 Å². The highest BCUT2D eigenvalue weighted by atomic mass is 16.5. The summed E-state index contributed by atoms with van der Waals surface area (Å²) in [6, 6.07) is 8.63. The van der Waals surface area contributed by atoms with Crippen LogP contribution < -0.4 is 4.74 Å². The second-order valence-corrected chi connectivity index (χ2v) is 6.71. The average molecular weight is 287 g/mol. The molecule has 1 aliphatic heterocycles. The number of hydrogen-bond donors (Lipinski definition) is 0. The van der Waals surface area contributed by atoms with Gasteiger partial charge in [-0.3, -0.25) is 4.79 Å². The van der Waals surface area contributed by atoms with Crippen LogP contribution in [0.15, 0.2) is 24.3 Å². The summed E-state index contributed by atoms with van der Waals surface area (Å²) in [4.78, 5) is 14.9. The molecule has 1 saturated carbocycles. The van der Waals surface area contributed by atoms with Gasteiger partial charge in [-0.2, -0.15) is 0 Å². The summed E-state index contributed by atoms with van der Waals surface area (Å²) in [5.41, 5.74) is 1.27. The van der Waals surface area contributed by atoms with E-state index in [9.17, 15) is 4.79 Å². The number of hydrogen-bond acceptors (Lipinski definition) is 2. The molecule has 1 aromatic carbocycles. The number of amides is 1. The van der Waals surface area contributed by atoms with Crippen molar-refractivity contribution in [1.82, 2.24) is 4.90 Å². The van der Waals surface area contributed by atoms with Gasteiger partial charge in [0.15, 0.2) is 0 Å². The average Bonchev–Trinajstić information content (AvgIpc) is 3.13. The van der Waals surface area contributed by atoms with Crippen LogP contribution >= 0.6 is 0 Å². The van der Waals surface area contributed by atoms with Crippen molar-refractivity contribution in [3.8, 4) is 5.75 Å². The summed E-state index contributed by atoms with van der Waals surface area (Å²) < 4.78 is 5.19. The van der Waals surface area contributed by atoms with Crippen molar-refractivity contribution in [2.45, 2.75) is 45.1 Å². The molecule has 114 valence electrons. The zero-order valence-corrected chi connectivity index (χ0v) is 13.2. The van der Waals surface area contributed by atoms with E-state index in [1.165, 1.54) is 12.0 Å². The molecule has 3 heteroatoms. The Morgan fingerprint density at radius 2 is 2.00 bits per heavy atom. The molecule has 0 bridgehead atoms. The fourth-order valence-corrected chi connectivity index (χ4v) is 3.66.